The molecule has 114 valence electrons. The Bertz CT molecular complexity index is 535. The molecule has 1 saturated heterocycles. The monoisotopic (exact) mass is 321 g/mol. The van der Waals surface area contributed by atoms with Crippen LogP contribution in [0.1, 0.15) is 13.8 Å². The Morgan fingerprint density at radius 3 is 2.65 bits per heavy atom. The lowest BCUT2D eigenvalue weighted by Gasteiger charge is -2.36. The average molecular weight is 322 g/mol. The number of rotatable bonds is 3. The second-order valence-electron chi connectivity index (χ2n) is 4.77. The number of hydrogen-bond donors (Lipinski definition) is 1. The van der Waals surface area contributed by atoms with Gasteiger partial charge in [0.2, 0.25) is 15.9 Å². The van der Waals surface area contributed by atoms with Crippen LogP contribution in [-0.4, -0.2) is 50.0 Å². The number of nitrogens with zero attached hydrogens (tertiary/aromatic N) is 2. The molecule has 0 radical (unpaired) electrons. The van der Waals surface area contributed by atoms with Crippen LogP contribution < -0.4 is 10.1 Å². The summed E-state index contributed by atoms with van der Waals surface area (Å²) >= 11 is 0. The summed E-state index contributed by atoms with van der Waals surface area (Å²) in [5.74, 6) is 0.403. The third-order valence-corrected chi connectivity index (χ3v) is 5.20. The molecule has 1 aliphatic rings. The second-order valence-corrected chi connectivity index (χ2v) is 6.66. The van der Waals surface area contributed by atoms with Crippen LogP contribution in [0.15, 0.2) is 23.2 Å². The Morgan fingerprint density at radius 1 is 1.40 bits per heavy atom. The third kappa shape index (κ3) is 3.41. The minimum Gasteiger partial charge on any atom is -0.481 e. The first-order valence-corrected chi connectivity index (χ1v) is 7.64. The molecule has 1 fully saturated rings. The first-order chi connectivity index (χ1) is 8.95. The number of methoxy groups -OCH3 is 1. The smallest absolute Gasteiger partial charge is 0.244 e. The van der Waals surface area contributed by atoms with Gasteiger partial charge in [-0.05, 0) is 19.9 Å². The van der Waals surface area contributed by atoms with Gasteiger partial charge in [0.15, 0.2) is 0 Å². The van der Waals surface area contributed by atoms with Crippen molar-refractivity contribution in [1.29, 1.82) is 0 Å². The van der Waals surface area contributed by atoms with Gasteiger partial charge < -0.3 is 10.1 Å². The van der Waals surface area contributed by atoms with E-state index in [4.69, 9.17) is 4.74 Å². The van der Waals surface area contributed by atoms with Crippen molar-refractivity contribution >= 4 is 22.4 Å². The molecule has 2 atom stereocenters. The molecule has 20 heavy (non-hydrogen) atoms. The lowest BCUT2D eigenvalue weighted by molar-refractivity contribution is 0.244. The largest absolute Gasteiger partial charge is 0.481 e. The SMILES string of the molecule is COc1ccc(S(=O)(=O)N2CC(C)NCC2C)cn1.Cl. The van der Waals surface area contributed by atoms with E-state index in [2.05, 4.69) is 10.3 Å². The summed E-state index contributed by atoms with van der Waals surface area (Å²) in [5.41, 5.74) is 0. The Kier molecular flexibility index (Phi) is 5.76. The molecule has 1 N–H and O–H groups in total. The average Bonchev–Trinajstić information content (AvgIpc) is 2.41. The molecule has 0 aliphatic carbocycles. The van der Waals surface area contributed by atoms with E-state index in [1.165, 1.54) is 23.7 Å². The number of hydrogen-bond acceptors (Lipinski definition) is 5. The Labute approximate surface area is 126 Å². The lowest BCUT2D eigenvalue weighted by atomic mass is 10.2. The van der Waals surface area contributed by atoms with E-state index in [1.807, 2.05) is 13.8 Å². The van der Waals surface area contributed by atoms with E-state index in [9.17, 15) is 8.42 Å². The zero-order chi connectivity index (χ0) is 14.0. The van der Waals surface area contributed by atoms with Crippen molar-refractivity contribution in [3.63, 3.8) is 0 Å². The van der Waals surface area contributed by atoms with Gasteiger partial charge in [0, 0.05) is 31.2 Å². The van der Waals surface area contributed by atoms with E-state index in [0.717, 1.165) is 0 Å². The number of aromatic nitrogens is 1. The fourth-order valence-electron chi connectivity index (χ4n) is 2.10. The predicted octanol–water partition coefficient (Wildman–Crippen LogP) is 0.883. The van der Waals surface area contributed by atoms with Gasteiger partial charge in [-0.15, -0.1) is 12.4 Å². The number of piperazine rings is 1. The van der Waals surface area contributed by atoms with Crippen LogP contribution >= 0.6 is 12.4 Å². The summed E-state index contributed by atoms with van der Waals surface area (Å²) in [5, 5.41) is 3.26. The molecule has 1 aromatic heterocycles. The van der Waals surface area contributed by atoms with E-state index in [1.54, 1.807) is 6.07 Å². The summed E-state index contributed by atoms with van der Waals surface area (Å²) in [4.78, 5) is 4.16. The fraction of sp³-hybridized carbons (Fsp3) is 0.583. The van der Waals surface area contributed by atoms with E-state index >= 15 is 0 Å². The number of ether oxygens (including phenoxy) is 1. The molecule has 0 bridgehead atoms. The van der Waals surface area contributed by atoms with Gasteiger partial charge in [-0.2, -0.15) is 4.31 Å². The van der Waals surface area contributed by atoms with E-state index in [-0.39, 0.29) is 29.4 Å². The van der Waals surface area contributed by atoms with Crippen molar-refractivity contribution in [2.45, 2.75) is 30.8 Å². The number of pyridine rings is 1. The summed E-state index contributed by atoms with van der Waals surface area (Å²) < 4.78 is 31.6. The topological polar surface area (TPSA) is 71.5 Å². The fourth-order valence-corrected chi connectivity index (χ4v) is 3.76. The molecule has 0 aromatic carbocycles. The Balaban J connectivity index is 0.00000200. The summed E-state index contributed by atoms with van der Waals surface area (Å²) in [6, 6.07) is 3.17. The van der Waals surface area contributed by atoms with Gasteiger partial charge in [0.05, 0.1) is 13.3 Å². The first-order valence-electron chi connectivity index (χ1n) is 6.20. The maximum Gasteiger partial charge on any atom is 0.244 e. The summed E-state index contributed by atoms with van der Waals surface area (Å²) in [6.07, 6.45) is 1.34. The molecule has 0 spiro atoms. The van der Waals surface area contributed by atoms with Crippen LogP contribution in [0.25, 0.3) is 0 Å². The molecule has 8 heteroatoms. The third-order valence-electron chi connectivity index (χ3n) is 3.23. The quantitative estimate of drug-likeness (QED) is 0.895. The van der Waals surface area contributed by atoms with Gasteiger partial charge in [0.1, 0.15) is 4.90 Å². The first kappa shape index (κ1) is 17.2. The van der Waals surface area contributed by atoms with Crippen LogP contribution in [0.3, 0.4) is 0 Å². The summed E-state index contributed by atoms with van der Waals surface area (Å²) in [6.45, 7) is 4.99. The van der Waals surface area contributed by atoms with Gasteiger partial charge in [-0.1, -0.05) is 0 Å². The minimum atomic E-state index is -3.49. The van der Waals surface area contributed by atoms with Crippen molar-refractivity contribution in [1.82, 2.24) is 14.6 Å². The van der Waals surface area contributed by atoms with Gasteiger partial charge in [0.25, 0.3) is 0 Å². The van der Waals surface area contributed by atoms with Crippen LogP contribution in [0.4, 0.5) is 0 Å². The van der Waals surface area contributed by atoms with Crippen molar-refractivity contribution in [3.8, 4) is 5.88 Å². The minimum absolute atomic E-state index is 0. The summed E-state index contributed by atoms with van der Waals surface area (Å²) in [7, 11) is -2.00. The second kappa shape index (κ2) is 6.71. The highest BCUT2D eigenvalue weighted by atomic mass is 35.5. The van der Waals surface area contributed by atoms with Crippen LogP contribution in [0.2, 0.25) is 0 Å². The molecule has 6 nitrogen and oxygen atoms in total. The van der Waals surface area contributed by atoms with Crippen LogP contribution in [0.5, 0.6) is 5.88 Å². The molecule has 1 aliphatic heterocycles. The lowest BCUT2D eigenvalue weighted by Crippen LogP contribution is -2.56. The molecule has 2 rings (SSSR count). The van der Waals surface area contributed by atoms with Crippen LogP contribution in [0, 0.1) is 0 Å². The highest BCUT2D eigenvalue weighted by Crippen LogP contribution is 2.21. The van der Waals surface area contributed by atoms with Crippen LogP contribution in [-0.2, 0) is 10.0 Å². The highest BCUT2D eigenvalue weighted by Gasteiger charge is 2.33. The van der Waals surface area contributed by atoms with Crippen molar-refractivity contribution in [3.05, 3.63) is 18.3 Å². The zero-order valence-corrected chi connectivity index (χ0v) is 13.4. The molecule has 0 amide bonds. The van der Waals surface area contributed by atoms with Crippen molar-refractivity contribution in [2.75, 3.05) is 20.2 Å². The normalized spacial score (nSPS) is 23.9. The van der Waals surface area contributed by atoms with Gasteiger partial charge >= 0.3 is 0 Å². The van der Waals surface area contributed by atoms with Gasteiger partial charge in [-0.25, -0.2) is 13.4 Å². The highest BCUT2D eigenvalue weighted by molar-refractivity contribution is 7.89. The van der Waals surface area contributed by atoms with Crippen molar-refractivity contribution in [2.24, 2.45) is 0 Å². The predicted molar refractivity (Wildman–Crippen MR) is 78.9 cm³/mol. The maximum atomic E-state index is 12.6. The number of sulfonamides is 1. The molecular formula is C12H20ClN3O3S. The zero-order valence-electron chi connectivity index (χ0n) is 11.7. The molecule has 2 unspecified atom stereocenters. The Hall–Kier alpha value is -0.890. The molecular weight excluding hydrogens is 302 g/mol. The van der Waals surface area contributed by atoms with Crippen molar-refractivity contribution < 1.29 is 13.2 Å². The Morgan fingerprint density at radius 2 is 2.10 bits per heavy atom. The standard InChI is InChI=1S/C12H19N3O3S.ClH/c1-9-8-15(10(2)6-13-9)19(16,17)11-4-5-12(18-3)14-7-11;/h4-5,7,9-10,13H,6,8H2,1-3H3;1H. The van der Waals surface area contributed by atoms with E-state index in [0.29, 0.717) is 19.0 Å². The molecule has 0 saturated carbocycles. The van der Waals surface area contributed by atoms with E-state index < -0.39 is 10.0 Å². The molecule has 1 aromatic rings. The number of halogens is 1. The maximum absolute atomic E-state index is 12.6. The van der Waals surface area contributed by atoms with Gasteiger partial charge in [-0.3, -0.25) is 0 Å². The number of nitrogens with one attached hydrogen (secondary N) is 1. The molecule has 2 heterocycles.